The number of fused-ring (bicyclic) bond motifs is 1. The van der Waals surface area contributed by atoms with Gasteiger partial charge in [0.1, 0.15) is 0 Å². The maximum atomic E-state index is 13.6. The number of rotatable bonds is 6. The minimum atomic E-state index is -5.50. The van der Waals surface area contributed by atoms with E-state index in [1.54, 1.807) is 25.5 Å². The summed E-state index contributed by atoms with van der Waals surface area (Å²) in [5.74, 6) is 0. The van der Waals surface area contributed by atoms with Gasteiger partial charge in [-0.1, -0.05) is 42.5 Å². The Balaban J connectivity index is 1.77. The number of nitrogens with one attached hydrogen (secondary N) is 1. The molecule has 1 aromatic heterocycles. The summed E-state index contributed by atoms with van der Waals surface area (Å²) in [5, 5.41) is 0. The lowest BCUT2D eigenvalue weighted by molar-refractivity contribution is -0.0492. The SMILES string of the molecule is Cc1cccc2c1CN(S(=O)(=O)C(F)(F)F)C[C@H](CCc1ccccc1)N2Cc1cnc[nH]1. The minimum absolute atomic E-state index is 0.267. The highest BCUT2D eigenvalue weighted by molar-refractivity contribution is 7.89. The van der Waals surface area contributed by atoms with E-state index in [0.29, 0.717) is 29.3 Å². The van der Waals surface area contributed by atoms with Gasteiger partial charge >= 0.3 is 15.5 Å². The van der Waals surface area contributed by atoms with Crippen molar-refractivity contribution >= 4 is 15.7 Å². The molecule has 0 saturated carbocycles. The van der Waals surface area contributed by atoms with Crippen LogP contribution in [0.15, 0.2) is 61.1 Å². The van der Waals surface area contributed by atoms with Crippen LogP contribution in [-0.4, -0.2) is 40.8 Å². The zero-order chi connectivity index (χ0) is 23.6. The quantitative estimate of drug-likeness (QED) is 0.571. The lowest BCUT2D eigenvalue weighted by Crippen LogP contribution is -2.47. The van der Waals surface area contributed by atoms with Crippen LogP contribution in [0.5, 0.6) is 0 Å². The minimum Gasteiger partial charge on any atom is -0.361 e. The standard InChI is InChI=1S/C23H25F3N4O2S/c1-17-6-5-9-22-21(17)15-29(33(31,32)23(24,25)26)14-20(11-10-18-7-3-2-4-8-18)30(22)13-19-12-27-16-28-19/h2-9,12,16,20H,10-11,13-15H2,1H3,(H,27,28)/t20-/m0/s1. The molecule has 6 nitrogen and oxygen atoms in total. The number of imidazole rings is 1. The van der Waals surface area contributed by atoms with E-state index in [4.69, 9.17) is 0 Å². The summed E-state index contributed by atoms with van der Waals surface area (Å²) in [6.45, 7) is 1.56. The monoisotopic (exact) mass is 478 g/mol. The molecule has 176 valence electrons. The van der Waals surface area contributed by atoms with Crippen molar-refractivity contribution in [3.8, 4) is 0 Å². The Kier molecular flexibility index (Phi) is 6.49. The molecule has 33 heavy (non-hydrogen) atoms. The fourth-order valence-electron chi connectivity index (χ4n) is 4.26. The first kappa shape index (κ1) is 23.3. The van der Waals surface area contributed by atoms with E-state index in [0.717, 1.165) is 22.5 Å². The highest BCUT2D eigenvalue weighted by atomic mass is 32.2. The highest BCUT2D eigenvalue weighted by Crippen LogP contribution is 2.37. The van der Waals surface area contributed by atoms with Gasteiger partial charge in [-0.3, -0.25) is 0 Å². The molecular formula is C23H25F3N4O2S. The van der Waals surface area contributed by atoms with E-state index in [-0.39, 0.29) is 13.1 Å². The fraction of sp³-hybridized carbons (Fsp3) is 0.348. The maximum Gasteiger partial charge on any atom is 0.511 e. The molecule has 0 saturated heterocycles. The summed E-state index contributed by atoms with van der Waals surface area (Å²) in [5.41, 5.74) is -1.47. The summed E-state index contributed by atoms with van der Waals surface area (Å²) in [7, 11) is -5.50. The van der Waals surface area contributed by atoms with E-state index in [1.165, 1.54) is 0 Å². The molecule has 10 heteroatoms. The van der Waals surface area contributed by atoms with Crippen molar-refractivity contribution in [2.45, 2.75) is 44.4 Å². The van der Waals surface area contributed by atoms with Gasteiger partial charge in [0.15, 0.2) is 0 Å². The third-order valence-corrected chi connectivity index (χ3v) is 7.56. The number of halogens is 3. The van der Waals surface area contributed by atoms with Crippen LogP contribution in [0.25, 0.3) is 0 Å². The van der Waals surface area contributed by atoms with E-state index in [9.17, 15) is 21.6 Å². The van der Waals surface area contributed by atoms with Crippen LogP contribution in [0.3, 0.4) is 0 Å². The summed E-state index contributed by atoms with van der Waals surface area (Å²) in [4.78, 5) is 9.10. The number of aromatic nitrogens is 2. The Morgan fingerprint density at radius 1 is 1.12 bits per heavy atom. The molecular weight excluding hydrogens is 453 g/mol. The lowest BCUT2D eigenvalue weighted by Gasteiger charge is -2.34. The van der Waals surface area contributed by atoms with Crippen molar-refractivity contribution < 1.29 is 21.6 Å². The second kappa shape index (κ2) is 9.18. The first-order chi connectivity index (χ1) is 15.7. The van der Waals surface area contributed by atoms with Gasteiger partial charge in [0, 0.05) is 31.0 Å². The molecule has 1 aliphatic rings. The molecule has 1 aliphatic heterocycles. The van der Waals surface area contributed by atoms with Crippen molar-refractivity contribution in [1.82, 2.24) is 14.3 Å². The number of aryl methyl sites for hydroxylation is 2. The van der Waals surface area contributed by atoms with E-state index < -0.39 is 21.6 Å². The number of nitrogens with zero attached hydrogens (tertiary/aromatic N) is 3. The summed E-state index contributed by atoms with van der Waals surface area (Å²) in [6.07, 6.45) is 4.30. The Labute approximate surface area is 191 Å². The molecule has 1 atom stereocenters. The fourth-order valence-corrected chi connectivity index (χ4v) is 5.22. The summed E-state index contributed by atoms with van der Waals surface area (Å²) >= 11 is 0. The van der Waals surface area contributed by atoms with Crippen LogP contribution in [0.4, 0.5) is 18.9 Å². The van der Waals surface area contributed by atoms with Gasteiger partial charge in [-0.05, 0) is 42.5 Å². The predicted molar refractivity (Wildman–Crippen MR) is 120 cm³/mol. The van der Waals surface area contributed by atoms with Gasteiger partial charge < -0.3 is 9.88 Å². The molecule has 0 aliphatic carbocycles. The largest absolute Gasteiger partial charge is 0.511 e. The van der Waals surface area contributed by atoms with E-state index in [1.807, 2.05) is 47.4 Å². The molecule has 0 unspecified atom stereocenters. The first-order valence-electron chi connectivity index (χ1n) is 10.6. The van der Waals surface area contributed by atoms with Gasteiger partial charge in [-0.25, -0.2) is 13.4 Å². The third kappa shape index (κ3) is 4.91. The number of benzene rings is 2. The molecule has 3 aromatic rings. The van der Waals surface area contributed by atoms with Crippen molar-refractivity contribution in [3.63, 3.8) is 0 Å². The molecule has 1 N–H and O–H groups in total. The zero-order valence-electron chi connectivity index (χ0n) is 18.1. The van der Waals surface area contributed by atoms with Crippen LogP contribution in [0.1, 0.15) is 28.8 Å². The van der Waals surface area contributed by atoms with Crippen molar-refractivity contribution in [1.29, 1.82) is 0 Å². The number of H-pyrrole nitrogens is 1. The Bertz CT molecular complexity index is 1180. The third-order valence-electron chi connectivity index (χ3n) is 6.02. The number of aromatic amines is 1. The normalized spacial score (nSPS) is 17.6. The Morgan fingerprint density at radius 3 is 2.55 bits per heavy atom. The van der Waals surface area contributed by atoms with Gasteiger partial charge in [0.05, 0.1) is 18.6 Å². The average Bonchev–Trinajstić information content (AvgIpc) is 3.22. The zero-order valence-corrected chi connectivity index (χ0v) is 18.9. The first-order valence-corrected chi connectivity index (χ1v) is 12.0. The van der Waals surface area contributed by atoms with Crippen LogP contribution < -0.4 is 4.90 Å². The number of sulfonamides is 1. The Morgan fingerprint density at radius 2 is 1.88 bits per heavy atom. The smallest absolute Gasteiger partial charge is 0.361 e. The van der Waals surface area contributed by atoms with Gasteiger partial charge in [-0.2, -0.15) is 17.5 Å². The molecule has 0 spiro atoms. The number of hydrogen-bond donors (Lipinski definition) is 1. The highest BCUT2D eigenvalue weighted by Gasteiger charge is 2.51. The lowest BCUT2D eigenvalue weighted by atomic mass is 10.0. The van der Waals surface area contributed by atoms with Gasteiger partial charge in [0.25, 0.3) is 0 Å². The summed E-state index contributed by atoms with van der Waals surface area (Å²) in [6, 6.07) is 14.6. The molecule has 0 bridgehead atoms. The molecule has 0 fully saturated rings. The van der Waals surface area contributed by atoms with Crippen LogP contribution >= 0.6 is 0 Å². The van der Waals surface area contributed by atoms with Crippen molar-refractivity contribution in [2.24, 2.45) is 0 Å². The molecule has 2 heterocycles. The van der Waals surface area contributed by atoms with Gasteiger partial charge in [0.2, 0.25) is 0 Å². The molecule has 0 radical (unpaired) electrons. The van der Waals surface area contributed by atoms with E-state index in [2.05, 4.69) is 9.97 Å². The predicted octanol–water partition coefficient (Wildman–Crippen LogP) is 4.39. The van der Waals surface area contributed by atoms with Crippen LogP contribution in [-0.2, 0) is 29.5 Å². The number of anilines is 1. The second-order valence-electron chi connectivity index (χ2n) is 8.20. The number of hydrogen-bond acceptors (Lipinski definition) is 4. The van der Waals surface area contributed by atoms with Crippen molar-refractivity contribution in [2.75, 3.05) is 11.4 Å². The van der Waals surface area contributed by atoms with Gasteiger partial charge in [-0.15, -0.1) is 0 Å². The molecule has 2 aromatic carbocycles. The second-order valence-corrected chi connectivity index (χ2v) is 10.1. The van der Waals surface area contributed by atoms with E-state index >= 15 is 0 Å². The molecule has 0 amide bonds. The van der Waals surface area contributed by atoms with Crippen molar-refractivity contribution in [3.05, 3.63) is 83.4 Å². The average molecular weight is 479 g/mol. The topological polar surface area (TPSA) is 69.3 Å². The van der Waals surface area contributed by atoms with Crippen LogP contribution in [0, 0.1) is 6.92 Å². The summed E-state index contributed by atoms with van der Waals surface area (Å²) < 4.78 is 66.2. The molecule has 4 rings (SSSR count). The number of alkyl halides is 3. The van der Waals surface area contributed by atoms with Crippen LogP contribution in [0.2, 0.25) is 0 Å². The Hall–Kier alpha value is -2.85. The maximum absolute atomic E-state index is 13.6.